The number of aromatic amines is 1. The van der Waals surface area contributed by atoms with Gasteiger partial charge in [0.2, 0.25) is 0 Å². The van der Waals surface area contributed by atoms with Crippen molar-refractivity contribution in [2.45, 2.75) is 26.6 Å². The number of aromatic nitrogens is 2. The molecular weight excluding hydrogens is 327 g/mol. The van der Waals surface area contributed by atoms with Gasteiger partial charge in [0.05, 0.1) is 11.3 Å². The Morgan fingerprint density at radius 2 is 1.76 bits per heavy atom. The highest BCUT2D eigenvalue weighted by atomic mass is 19.4. The van der Waals surface area contributed by atoms with Crippen LogP contribution in [0.5, 0.6) is 0 Å². The van der Waals surface area contributed by atoms with Crippen molar-refractivity contribution in [1.82, 2.24) is 10.2 Å². The van der Waals surface area contributed by atoms with Crippen molar-refractivity contribution in [2.24, 2.45) is 0 Å². The summed E-state index contributed by atoms with van der Waals surface area (Å²) in [5.41, 5.74) is 4.86. The van der Waals surface area contributed by atoms with E-state index in [-0.39, 0.29) is 0 Å². The predicted molar refractivity (Wildman–Crippen MR) is 92.3 cm³/mol. The van der Waals surface area contributed by atoms with Gasteiger partial charge in [-0.05, 0) is 37.6 Å². The fourth-order valence-electron chi connectivity index (χ4n) is 2.72. The van der Waals surface area contributed by atoms with Crippen molar-refractivity contribution in [1.29, 1.82) is 0 Å². The molecule has 0 aliphatic rings. The van der Waals surface area contributed by atoms with E-state index in [0.29, 0.717) is 17.8 Å². The van der Waals surface area contributed by atoms with E-state index >= 15 is 0 Å². The summed E-state index contributed by atoms with van der Waals surface area (Å²) in [6.45, 7) is 4.59. The number of hydrogen-bond donors (Lipinski definition) is 2. The average Bonchev–Trinajstić information content (AvgIpc) is 3.02. The summed E-state index contributed by atoms with van der Waals surface area (Å²) in [5.74, 6) is 0. The predicted octanol–water partition coefficient (Wildman–Crippen LogP) is 5.32. The zero-order chi connectivity index (χ0) is 18.0. The highest BCUT2D eigenvalue weighted by molar-refractivity contribution is 5.64. The molecule has 130 valence electrons. The molecule has 0 saturated heterocycles. The van der Waals surface area contributed by atoms with Crippen molar-refractivity contribution < 1.29 is 13.2 Å². The number of benzene rings is 2. The van der Waals surface area contributed by atoms with Gasteiger partial charge in [0.1, 0.15) is 0 Å². The van der Waals surface area contributed by atoms with E-state index in [4.69, 9.17) is 0 Å². The molecule has 0 unspecified atom stereocenters. The third kappa shape index (κ3) is 3.84. The Kier molecular flexibility index (Phi) is 4.53. The van der Waals surface area contributed by atoms with Crippen molar-refractivity contribution >= 4 is 5.69 Å². The Morgan fingerprint density at radius 1 is 1.04 bits per heavy atom. The Hall–Kier alpha value is -2.76. The molecule has 0 radical (unpaired) electrons. The zero-order valence-corrected chi connectivity index (χ0v) is 13.9. The van der Waals surface area contributed by atoms with Gasteiger partial charge in [0, 0.05) is 29.6 Å². The normalized spacial score (nSPS) is 11.6. The minimum Gasteiger partial charge on any atom is -0.381 e. The first-order valence-corrected chi connectivity index (χ1v) is 7.86. The number of alkyl halides is 3. The molecule has 0 fully saturated rings. The summed E-state index contributed by atoms with van der Waals surface area (Å²) in [6.07, 6.45) is -2.58. The molecule has 1 heterocycles. The van der Waals surface area contributed by atoms with Crippen LogP contribution < -0.4 is 5.32 Å². The van der Waals surface area contributed by atoms with Crippen LogP contribution in [-0.2, 0) is 12.7 Å². The van der Waals surface area contributed by atoms with Crippen LogP contribution >= 0.6 is 0 Å². The summed E-state index contributed by atoms with van der Waals surface area (Å²) < 4.78 is 38.1. The molecule has 0 bridgehead atoms. The molecule has 2 N–H and O–H groups in total. The Morgan fingerprint density at radius 3 is 2.40 bits per heavy atom. The van der Waals surface area contributed by atoms with Gasteiger partial charge in [-0.1, -0.05) is 29.8 Å². The van der Waals surface area contributed by atoms with Crippen LogP contribution in [0.4, 0.5) is 18.9 Å². The highest BCUT2D eigenvalue weighted by Gasteiger charge is 2.30. The zero-order valence-electron chi connectivity index (χ0n) is 13.9. The quantitative estimate of drug-likeness (QED) is 0.671. The van der Waals surface area contributed by atoms with E-state index in [2.05, 4.69) is 21.6 Å². The van der Waals surface area contributed by atoms with Crippen molar-refractivity contribution in [2.75, 3.05) is 5.32 Å². The Labute approximate surface area is 143 Å². The van der Waals surface area contributed by atoms with Crippen LogP contribution in [-0.4, -0.2) is 10.2 Å². The summed E-state index contributed by atoms with van der Waals surface area (Å²) >= 11 is 0. The number of rotatable bonds is 4. The minimum absolute atomic E-state index is 0.525. The van der Waals surface area contributed by atoms with Gasteiger partial charge in [-0.15, -0.1) is 0 Å². The SMILES string of the molecule is Cc1ccc(NCc2c[nH]nc2-c2ccc(C(F)(F)F)cc2)c(C)c1. The van der Waals surface area contributed by atoms with Crippen LogP contribution in [0.25, 0.3) is 11.3 Å². The molecular formula is C19H18F3N3. The van der Waals surface area contributed by atoms with E-state index in [9.17, 15) is 13.2 Å². The lowest BCUT2D eigenvalue weighted by molar-refractivity contribution is -0.137. The fraction of sp³-hybridized carbons (Fsp3) is 0.211. The van der Waals surface area contributed by atoms with E-state index in [1.54, 1.807) is 6.20 Å². The molecule has 0 aliphatic heterocycles. The standard InChI is InChI=1S/C19H18F3N3/c1-12-3-8-17(13(2)9-12)23-10-15-11-24-25-18(15)14-4-6-16(7-5-14)19(20,21)22/h3-9,11,23H,10H2,1-2H3,(H,24,25). The van der Waals surface area contributed by atoms with Crippen molar-refractivity contribution in [3.05, 3.63) is 70.9 Å². The number of anilines is 1. The smallest absolute Gasteiger partial charge is 0.381 e. The monoisotopic (exact) mass is 345 g/mol. The van der Waals surface area contributed by atoms with Gasteiger partial charge in [-0.3, -0.25) is 5.10 Å². The fourth-order valence-corrected chi connectivity index (χ4v) is 2.72. The maximum atomic E-state index is 12.7. The third-order valence-corrected chi connectivity index (χ3v) is 4.06. The molecule has 3 rings (SSSR count). The lowest BCUT2D eigenvalue weighted by Gasteiger charge is -2.11. The maximum absolute atomic E-state index is 12.7. The van der Waals surface area contributed by atoms with Crippen molar-refractivity contribution in [3.8, 4) is 11.3 Å². The molecule has 3 aromatic rings. The van der Waals surface area contributed by atoms with E-state index in [1.807, 2.05) is 26.0 Å². The largest absolute Gasteiger partial charge is 0.416 e. The van der Waals surface area contributed by atoms with Gasteiger partial charge in [-0.2, -0.15) is 18.3 Å². The van der Waals surface area contributed by atoms with Gasteiger partial charge < -0.3 is 5.32 Å². The number of aryl methyl sites for hydroxylation is 2. The van der Waals surface area contributed by atoms with Crippen LogP contribution in [0.2, 0.25) is 0 Å². The molecule has 1 aromatic heterocycles. The number of H-pyrrole nitrogens is 1. The number of halogens is 3. The topological polar surface area (TPSA) is 40.7 Å². The summed E-state index contributed by atoms with van der Waals surface area (Å²) in [7, 11) is 0. The van der Waals surface area contributed by atoms with Gasteiger partial charge in [0.25, 0.3) is 0 Å². The summed E-state index contributed by atoms with van der Waals surface area (Å²) in [5, 5.41) is 10.3. The second-order valence-corrected chi connectivity index (χ2v) is 6.01. The second-order valence-electron chi connectivity index (χ2n) is 6.01. The molecule has 0 saturated carbocycles. The molecule has 0 aliphatic carbocycles. The number of nitrogens with one attached hydrogen (secondary N) is 2. The van der Waals surface area contributed by atoms with Crippen LogP contribution in [0, 0.1) is 13.8 Å². The molecule has 2 aromatic carbocycles. The first-order chi connectivity index (χ1) is 11.8. The maximum Gasteiger partial charge on any atom is 0.416 e. The summed E-state index contributed by atoms with van der Waals surface area (Å²) in [4.78, 5) is 0. The molecule has 3 nitrogen and oxygen atoms in total. The van der Waals surface area contributed by atoms with Crippen LogP contribution in [0.3, 0.4) is 0 Å². The number of nitrogens with zero attached hydrogens (tertiary/aromatic N) is 1. The summed E-state index contributed by atoms with van der Waals surface area (Å²) in [6, 6.07) is 11.2. The van der Waals surface area contributed by atoms with Crippen molar-refractivity contribution in [3.63, 3.8) is 0 Å². The molecule has 25 heavy (non-hydrogen) atoms. The van der Waals surface area contributed by atoms with Gasteiger partial charge >= 0.3 is 6.18 Å². The van der Waals surface area contributed by atoms with E-state index < -0.39 is 11.7 Å². The van der Waals surface area contributed by atoms with Crippen LogP contribution in [0.15, 0.2) is 48.7 Å². The third-order valence-electron chi connectivity index (χ3n) is 4.06. The lowest BCUT2D eigenvalue weighted by atomic mass is 10.1. The van der Waals surface area contributed by atoms with Gasteiger partial charge in [0.15, 0.2) is 0 Å². The minimum atomic E-state index is -4.34. The molecule has 6 heteroatoms. The molecule has 0 atom stereocenters. The Balaban J connectivity index is 1.78. The first kappa shape index (κ1) is 17.1. The molecule has 0 spiro atoms. The Bertz CT molecular complexity index is 864. The average molecular weight is 345 g/mol. The number of hydrogen-bond acceptors (Lipinski definition) is 2. The van der Waals surface area contributed by atoms with E-state index in [0.717, 1.165) is 28.9 Å². The molecule has 0 amide bonds. The van der Waals surface area contributed by atoms with Crippen LogP contribution in [0.1, 0.15) is 22.3 Å². The van der Waals surface area contributed by atoms with E-state index in [1.165, 1.54) is 17.7 Å². The second kappa shape index (κ2) is 6.63. The highest BCUT2D eigenvalue weighted by Crippen LogP contribution is 2.31. The first-order valence-electron chi connectivity index (χ1n) is 7.86. The van der Waals surface area contributed by atoms with Gasteiger partial charge in [-0.25, -0.2) is 0 Å². The lowest BCUT2D eigenvalue weighted by Crippen LogP contribution is -2.04.